The van der Waals surface area contributed by atoms with Crippen LogP contribution in [0.1, 0.15) is 10.4 Å². The number of carbonyl (C=O) groups is 1. The summed E-state index contributed by atoms with van der Waals surface area (Å²) in [7, 11) is 1.42. The molecule has 0 atom stereocenters. The molecule has 0 saturated carbocycles. The van der Waals surface area contributed by atoms with Crippen LogP contribution < -0.4 is 4.74 Å². The lowest BCUT2D eigenvalue weighted by atomic mass is 10.2. The second-order valence-electron chi connectivity index (χ2n) is 2.87. The molecule has 0 saturated heterocycles. The van der Waals surface area contributed by atoms with Crippen LogP contribution in [-0.4, -0.2) is 38.2 Å². The summed E-state index contributed by atoms with van der Waals surface area (Å²) < 4.78 is 4.85. The number of ether oxygens (including phenoxy) is 1. The van der Waals surface area contributed by atoms with Gasteiger partial charge < -0.3 is 9.84 Å². The Labute approximate surface area is 90.3 Å². The number of carboxylic acid groups (broad SMARTS) is 1. The van der Waals surface area contributed by atoms with Crippen molar-refractivity contribution in [3.05, 3.63) is 30.2 Å². The molecule has 0 aromatic carbocycles. The van der Waals surface area contributed by atoms with Gasteiger partial charge in [-0.15, -0.1) is 4.80 Å². The maximum Gasteiger partial charge on any atom is 0.338 e. The van der Waals surface area contributed by atoms with Crippen molar-refractivity contribution in [2.45, 2.75) is 0 Å². The van der Waals surface area contributed by atoms with E-state index in [4.69, 9.17) is 9.84 Å². The minimum atomic E-state index is -1.09. The van der Waals surface area contributed by atoms with Gasteiger partial charge in [-0.2, -0.15) is 10.2 Å². The van der Waals surface area contributed by atoms with E-state index in [0.717, 1.165) is 0 Å². The number of pyridine rings is 1. The van der Waals surface area contributed by atoms with E-state index in [1.165, 1.54) is 36.6 Å². The summed E-state index contributed by atoms with van der Waals surface area (Å²) in [4.78, 5) is 16.1. The first-order valence-corrected chi connectivity index (χ1v) is 4.36. The molecule has 82 valence electrons. The highest BCUT2D eigenvalue weighted by molar-refractivity contribution is 5.91. The van der Waals surface area contributed by atoms with Gasteiger partial charge in [0.2, 0.25) is 5.88 Å². The fraction of sp³-hybridized carbons (Fsp3) is 0.111. The van der Waals surface area contributed by atoms with Gasteiger partial charge in [0.15, 0.2) is 0 Å². The standard InChI is InChI=1S/C9H8N4O3/c1-16-8-4-6(9(14)15)7(5-10-8)13-11-2-3-12-13/h2-5H,1H3,(H,14,15). The largest absolute Gasteiger partial charge is 0.481 e. The lowest BCUT2D eigenvalue weighted by Crippen LogP contribution is -2.09. The molecule has 2 heterocycles. The monoisotopic (exact) mass is 220 g/mol. The Balaban J connectivity index is 2.57. The van der Waals surface area contributed by atoms with Gasteiger partial charge >= 0.3 is 5.97 Å². The third-order valence-corrected chi connectivity index (χ3v) is 1.93. The second-order valence-corrected chi connectivity index (χ2v) is 2.87. The summed E-state index contributed by atoms with van der Waals surface area (Å²) >= 11 is 0. The topological polar surface area (TPSA) is 90.1 Å². The fourth-order valence-corrected chi connectivity index (χ4v) is 1.21. The third-order valence-electron chi connectivity index (χ3n) is 1.93. The molecule has 0 aliphatic carbocycles. The highest BCUT2D eigenvalue weighted by Crippen LogP contribution is 2.16. The number of rotatable bonds is 3. The first kappa shape index (κ1) is 10.1. The van der Waals surface area contributed by atoms with Crippen LogP contribution in [0, 0.1) is 0 Å². The van der Waals surface area contributed by atoms with Gasteiger partial charge in [0.05, 0.1) is 31.3 Å². The highest BCUT2D eigenvalue weighted by atomic mass is 16.5. The smallest absolute Gasteiger partial charge is 0.338 e. The molecule has 2 aromatic rings. The summed E-state index contributed by atoms with van der Waals surface area (Å²) in [6.45, 7) is 0. The van der Waals surface area contributed by atoms with E-state index in [1.54, 1.807) is 0 Å². The van der Waals surface area contributed by atoms with Gasteiger partial charge in [-0.05, 0) is 0 Å². The molecule has 7 nitrogen and oxygen atoms in total. The summed E-state index contributed by atoms with van der Waals surface area (Å²) in [5.41, 5.74) is 0.321. The quantitative estimate of drug-likeness (QED) is 0.803. The van der Waals surface area contributed by atoms with Crippen molar-refractivity contribution in [2.75, 3.05) is 7.11 Å². The number of hydrogen-bond donors (Lipinski definition) is 1. The van der Waals surface area contributed by atoms with Gasteiger partial charge in [0.1, 0.15) is 5.69 Å². The average Bonchev–Trinajstić information content (AvgIpc) is 2.81. The van der Waals surface area contributed by atoms with Crippen LogP contribution in [-0.2, 0) is 0 Å². The van der Waals surface area contributed by atoms with Crippen LogP contribution in [0.2, 0.25) is 0 Å². The van der Waals surface area contributed by atoms with Crippen molar-refractivity contribution in [1.82, 2.24) is 20.0 Å². The van der Waals surface area contributed by atoms with Crippen molar-refractivity contribution >= 4 is 5.97 Å². The van der Waals surface area contributed by atoms with Gasteiger partial charge in [-0.25, -0.2) is 9.78 Å². The van der Waals surface area contributed by atoms with Crippen molar-refractivity contribution in [1.29, 1.82) is 0 Å². The lowest BCUT2D eigenvalue weighted by Gasteiger charge is -2.05. The Morgan fingerprint density at radius 3 is 2.69 bits per heavy atom. The second kappa shape index (κ2) is 3.97. The van der Waals surface area contributed by atoms with E-state index >= 15 is 0 Å². The van der Waals surface area contributed by atoms with Crippen molar-refractivity contribution in [2.24, 2.45) is 0 Å². The Hall–Kier alpha value is -2.44. The minimum Gasteiger partial charge on any atom is -0.481 e. The van der Waals surface area contributed by atoms with Crippen LogP contribution in [0.3, 0.4) is 0 Å². The summed E-state index contributed by atoms with van der Waals surface area (Å²) in [5.74, 6) is -0.860. The Morgan fingerprint density at radius 1 is 1.44 bits per heavy atom. The number of carboxylic acids is 1. The summed E-state index contributed by atoms with van der Waals surface area (Å²) in [6.07, 6.45) is 4.26. The molecule has 0 spiro atoms. The van der Waals surface area contributed by atoms with E-state index in [0.29, 0.717) is 5.69 Å². The Bertz CT molecular complexity index is 509. The van der Waals surface area contributed by atoms with E-state index < -0.39 is 5.97 Å². The van der Waals surface area contributed by atoms with Crippen LogP contribution in [0.5, 0.6) is 5.88 Å². The minimum absolute atomic E-state index is 0.0306. The molecule has 1 N–H and O–H groups in total. The number of methoxy groups -OCH3 is 1. The predicted octanol–water partition coefficient (Wildman–Crippen LogP) is 0.369. The highest BCUT2D eigenvalue weighted by Gasteiger charge is 2.14. The molecule has 2 aromatic heterocycles. The molecule has 16 heavy (non-hydrogen) atoms. The van der Waals surface area contributed by atoms with E-state index in [1.807, 2.05) is 0 Å². The lowest BCUT2D eigenvalue weighted by molar-refractivity contribution is 0.0696. The summed E-state index contributed by atoms with van der Waals surface area (Å²) in [6, 6.07) is 1.32. The van der Waals surface area contributed by atoms with Crippen LogP contribution in [0.4, 0.5) is 0 Å². The van der Waals surface area contributed by atoms with Crippen molar-refractivity contribution < 1.29 is 14.6 Å². The van der Waals surface area contributed by atoms with Gasteiger partial charge in [-0.1, -0.05) is 0 Å². The summed E-state index contributed by atoms with van der Waals surface area (Å²) in [5, 5.41) is 16.7. The van der Waals surface area contributed by atoms with Crippen LogP contribution >= 0.6 is 0 Å². The van der Waals surface area contributed by atoms with E-state index in [9.17, 15) is 4.79 Å². The molecule has 0 amide bonds. The average molecular weight is 220 g/mol. The first-order valence-electron chi connectivity index (χ1n) is 4.36. The fourth-order valence-electron chi connectivity index (χ4n) is 1.21. The Morgan fingerprint density at radius 2 is 2.12 bits per heavy atom. The molecular formula is C9H8N4O3. The van der Waals surface area contributed by atoms with Gasteiger partial charge in [-0.3, -0.25) is 0 Å². The van der Waals surface area contributed by atoms with Crippen LogP contribution in [0.25, 0.3) is 5.69 Å². The third kappa shape index (κ3) is 1.70. The first-order chi connectivity index (χ1) is 7.72. The number of aromatic carboxylic acids is 1. The Kier molecular flexibility index (Phi) is 2.50. The van der Waals surface area contributed by atoms with Crippen LogP contribution in [0.15, 0.2) is 24.7 Å². The molecule has 0 unspecified atom stereocenters. The zero-order valence-corrected chi connectivity index (χ0v) is 8.36. The zero-order valence-electron chi connectivity index (χ0n) is 8.36. The molecule has 0 bridgehead atoms. The SMILES string of the molecule is COc1cc(C(=O)O)c(-n2nccn2)cn1. The maximum atomic E-state index is 11.0. The molecular weight excluding hydrogens is 212 g/mol. The van der Waals surface area contributed by atoms with Crippen molar-refractivity contribution in [3.63, 3.8) is 0 Å². The maximum absolute atomic E-state index is 11.0. The number of aromatic nitrogens is 4. The molecule has 0 aliphatic rings. The molecule has 7 heteroatoms. The molecule has 0 fully saturated rings. The number of nitrogens with zero attached hydrogens (tertiary/aromatic N) is 4. The molecule has 2 rings (SSSR count). The molecule has 0 radical (unpaired) electrons. The van der Waals surface area contributed by atoms with Gasteiger partial charge in [0.25, 0.3) is 0 Å². The predicted molar refractivity (Wildman–Crippen MR) is 52.7 cm³/mol. The van der Waals surface area contributed by atoms with Crippen molar-refractivity contribution in [3.8, 4) is 11.6 Å². The normalized spacial score (nSPS) is 10.1. The number of hydrogen-bond acceptors (Lipinski definition) is 5. The van der Waals surface area contributed by atoms with E-state index in [-0.39, 0.29) is 11.4 Å². The molecule has 0 aliphatic heterocycles. The van der Waals surface area contributed by atoms with Gasteiger partial charge in [0, 0.05) is 6.07 Å². The zero-order chi connectivity index (χ0) is 11.5. The van der Waals surface area contributed by atoms with E-state index in [2.05, 4.69) is 15.2 Å².